The molecule has 1 aliphatic heterocycles. The maximum absolute atomic E-state index is 12.3. The number of nitrogens with zero attached hydrogens (tertiary/aromatic N) is 2. The zero-order valence-electron chi connectivity index (χ0n) is 11.3. The van der Waals surface area contributed by atoms with Crippen LogP contribution in [0.25, 0.3) is 0 Å². The molecule has 1 heterocycles. The van der Waals surface area contributed by atoms with Gasteiger partial charge in [-0.05, 0) is 30.9 Å². The Morgan fingerprint density at radius 1 is 1.53 bits per heavy atom. The highest BCUT2D eigenvalue weighted by Gasteiger charge is 2.31. The predicted octanol–water partition coefficient (Wildman–Crippen LogP) is 2.20. The van der Waals surface area contributed by atoms with E-state index >= 15 is 0 Å². The molecule has 2 unspecified atom stereocenters. The first-order chi connectivity index (χ1) is 9.15. The van der Waals surface area contributed by atoms with E-state index in [4.69, 9.17) is 4.74 Å². The van der Waals surface area contributed by atoms with E-state index in [0.717, 1.165) is 24.0 Å². The predicted molar refractivity (Wildman–Crippen MR) is 71.3 cm³/mol. The van der Waals surface area contributed by atoms with Crippen LogP contribution in [0.1, 0.15) is 30.0 Å². The Morgan fingerprint density at radius 3 is 2.84 bits per heavy atom. The molecule has 0 aromatic heterocycles. The molecule has 0 bridgehead atoms. The molecule has 2 atom stereocenters. The highest BCUT2D eigenvalue weighted by molar-refractivity contribution is 5.81. The fraction of sp³-hybridized carbons (Fsp3) is 0.467. The van der Waals surface area contributed by atoms with Gasteiger partial charge in [-0.1, -0.05) is 24.3 Å². The van der Waals surface area contributed by atoms with Crippen molar-refractivity contribution in [2.75, 3.05) is 13.7 Å². The lowest BCUT2D eigenvalue weighted by atomic mass is 10.0. The van der Waals surface area contributed by atoms with Crippen LogP contribution < -0.4 is 0 Å². The van der Waals surface area contributed by atoms with Crippen LogP contribution >= 0.6 is 0 Å². The first-order valence-electron chi connectivity index (χ1n) is 6.48. The molecule has 1 aliphatic rings. The second-order valence-corrected chi connectivity index (χ2v) is 4.84. The SMILES string of the molecule is Cc1ccccc1C(C#N)N(C)C(=O)C1CCCO1. The fourth-order valence-corrected chi connectivity index (χ4v) is 2.39. The molecular formula is C15H18N2O2. The van der Waals surface area contributed by atoms with Crippen LogP contribution in [-0.2, 0) is 9.53 Å². The smallest absolute Gasteiger partial charge is 0.252 e. The summed E-state index contributed by atoms with van der Waals surface area (Å²) >= 11 is 0. The molecule has 2 rings (SSSR count). The topological polar surface area (TPSA) is 53.3 Å². The van der Waals surface area contributed by atoms with E-state index in [1.54, 1.807) is 7.05 Å². The van der Waals surface area contributed by atoms with Crippen LogP contribution in [0, 0.1) is 18.3 Å². The molecule has 0 radical (unpaired) electrons. The van der Waals surface area contributed by atoms with Crippen LogP contribution in [0.2, 0.25) is 0 Å². The third-order valence-electron chi connectivity index (χ3n) is 3.55. The van der Waals surface area contributed by atoms with Crippen LogP contribution in [-0.4, -0.2) is 30.6 Å². The molecule has 1 amide bonds. The van der Waals surface area contributed by atoms with E-state index in [9.17, 15) is 10.1 Å². The van der Waals surface area contributed by atoms with Gasteiger partial charge in [-0.3, -0.25) is 4.79 Å². The van der Waals surface area contributed by atoms with Gasteiger partial charge >= 0.3 is 0 Å². The van der Waals surface area contributed by atoms with Crippen LogP contribution in [0.5, 0.6) is 0 Å². The largest absolute Gasteiger partial charge is 0.368 e. The highest BCUT2D eigenvalue weighted by Crippen LogP contribution is 2.24. The van der Waals surface area contributed by atoms with E-state index in [0.29, 0.717) is 6.61 Å². The number of benzene rings is 1. The summed E-state index contributed by atoms with van der Waals surface area (Å²) < 4.78 is 5.40. The zero-order chi connectivity index (χ0) is 13.8. The maximum Gasteiger partial charge on any atom is 0.252 e. The Morgan fingerprint density at radius 2 is 2.26 bits per heavy atom. The standard InChI is InChI=1S/C15H18N2O2/c1-11-6-3-4-7-12(11)13(10-16)17(2)15(18)14-8-5-9-19-14/h3-4,6-7,13-14H,5,8-9H2,1-2H3. The fourth-order valence-electron chi connectivity index (χ4n) is 2.39. The van der Waals surface area contributed by atoms with Crippen LogP contribution in [0.15, 0.2) is 24.3 Å². The van der Waals surface area contributed by atoms with Gasteiger partial charge in [0.15, 0.2) is 0 Å². The Hall–Kier alpha value is -1.86. The number of carbonyl (C=O) groups excluding carboxylic acids is 1. The summed E-state index contributed by atoms with van der Waals surface area (Å²) in [6.07, 6.45) is 1.27. The number of hydrogen-bond acceptors (Lipinski definition) is 3. The summed E-state index contributed by atoms with van der Waals surface area (Å²) in [5, 5.41) is 9.38. The third kappa shape index (κ3) is 2.77. The van der Waals surface area contributed by atoms with Crippen molar-refractivity contribution in [2.45, 2.75) is 31.9 Å². The maximum atomic E-state index is 12.3. The van der Waals surface area contributed by atoms with Crippen LogP contribution in [0.3, 0.4) is 0 Å². The summed E-state index contributed by atoms with van der Waals surface area (Å²) in [6.45, 7) is 2.58. The van der Waals surface area contributed by atoms with Crippen molar-refractivity contribution < 1.29 is 9.53 Å². The van der Waals surface area contributed by atoms with Gasteiger partial charge in [-0.25, -0.2) is 0 Å². The van der Waals surface area contributed by atoms with Gasteiger partial charge in [0.05, 0.1) is 6.07 Å². The lowest BCUT2D eigenvalue weighted by Gasteiger charge is -2.26. The lowest BCUT2D eigenvalue weighted by Crippen LogP contribution is -2.38. The number of amides is 1. The van der Waals surface area contributed by atoms with Gasteiger partial charge in [0.2, 0.25) is 0 Å². The third-order valence-corrected chi connectivity index (χ3v) is 3.55. The van der Waals surface area contributed by atoms with Crippen molar-refractivity contribution >= 4 is 5.91 Å². The Kier molecular flexibility index (Phi) is 4.18. The normalized spacial score (nSPS) is 19.7. The summed E-state index contributed by atoms with van der Waals surface area (Å²) in [5.74, 6) is -0.104. The number of rotatable bonds is 3. The van der Waals surface area contributed by atoms with Gasteiger partial charge < -0.3 is 9.64 Å². The molecule has 1 fully saturated rings. The number of carbonyl (C=O) groups is 1. The molecule has 4 nitrogen and oxygen atoms in total. The molecular weight excluding hydrogens is 240 g/mol. The first-order valence-corrected chi connectivity index (χ1v) is 6.48. The molecule has 100 valence electrons. The Bertz CT molecular complexity index is 501. The monoisotopic (exact) mass is 258 g/mol. The van der Waals surface area contributed by atoms with Crippen molar-refractivity contribution in [3.05, 3.63) is 35.4 Å². The Balaban J connectivity index is 2.20. The number of ether oxygens (including phenoxy) is 1. The molecule has 1 aromatic carbocycles. The van der Waals surface area contributed by atoms with Gasteiger partial charge in [0.1, 0.15) is 12.1 Å². The number of aryl methyl sites for hydroxylation is 1. The average Bonchev–Trinajstić information content (AvgIpc) is 2.94. The molecule has 0 spiro atoms. The molecule has 1 aromatic rings. The Labute approximate surface area is 113 Å². The summed E-state index contributed by atoms with van der Waals surface area (Å²) in [5.41, 5.74) is 1.89. The molecule has 0 saturated carbocycles. The molecule has 19 heavy (non-hydrogen) atoms. The number of likely N-dealkylation sites (N-methyl/N-ethyl adjacent to an activating group) is 1. The van der Waals surface area contributed by atoms with Crippen molar-refractivity contribution in [2.24, 2.45) is 0 Å². The van der Waals surface area contributed by atoms with E-state index in [1.165, 1.54) is 4.90 Å². The van der Waals surface area contributed by atoms with Crippen molar-refractivity contribution in [1.82, 2.24) is 4.90 Å². The van der Waals surface area contributed by atoms with Crippen molar-refractivity contribution in [1.29, 1.82) is 5.26 Å². The van der Waals surface area contributed by atoms with Gasteiger partial charge in [0.25, 0.3) is 5.91 Å². The minimum Gasteiger partial charge on any atom is -0.368 e. The van der Waals surface area contributed by atoms with E-state index in [2.05, 4.69) is 6.07 Å². The van der Waals surface area contributed by atoms with Gasteiger partial charge in [-0.15, -0.1) is 0 Å². The zero-order valence-corrected chi connectivity index (χ0v) is 11.3. The van der Waals surface area contributed by atoms with E-state index < -0.39 is 6.04 Å². The molecule has 0 N–H and O–H groups in total. The summed E-state index contributed by atoms with van der Waals surface area (Å²) in [6, 6.07) is 9.31. The summed E-state index contributed by atoms with van der Waals surface area (Å²) in [7, 11) is 1.67. The molecule has 4 heteroatoms. The van der Waals surface area contributed by atoms with Crippen molar-refractivity contribution in [3.8, 4) is 6.07 Å². The average molecular weight is 258 g/mol. The lowest BCUT2D eigenvalue weighted by molar-refractivity contribution is -0.140. The van der Waals surface area contributed by atoms with E-state index in [-0.39, 0.29) is 12.0 Å². The second kappa shape index (κ2) is 5.85. The minimum absolute atomic E-state index is 0.104. The second-order valence-electron chi connectivity index (χ2n) is 4.84. The summed E-state index contributed by atoms with van der Waals surface area (Å²) in [4.78, 5) is 13.8. The first kappa shape index (κ1) is 13.6. The van der Waals surface area contributed by atoms with Gasteiger partial charge in [-0.2, -0.15) is 5.26 Å². The van der Waals surface area contributed by atoms with Gasteiger partial charge in [0, 0.05) is 13.7 Å². The van der Waals surface area contributed by atoms with Crippen molar-refractivity contribution in [3.63, 3.8) is 0 Å². The highest BCUT2D eigenvalue weighted by atomic mass is 16.5. The number of nitriles is 1. The van der Waals surface area contributed by atoms with E-state index in [1.807, 2.05) is 31.2 Å². The number of hydrogen-bond donors (Lipinski definition) is 0. The minimum atomic E-state index is -0.558. The molecule has 0 aliphatic carbocycles. The van der Waals surface area contributed by atoms with Crippen LogP contribution in [0.4, 0.5) is 0 Å². The molecule has 1 saturated heterocycles. The quantitative estimate of drug-likeness (QED) is 0.835.